The van der Waals surface area contributed by atoms with Crippen LogP contribution in [0.3, 0.4) is 0 Å². The molecule has 12 heteroatoms. The van der Waals surface area contributed by atoms with Gasteiger partial charge in [0, 0.05) is 22.6 Å². The summed E-state index contributed by atoms with van der Waals surface area (Å²) in [4.78, 5) is 27.6. The summed E-state index contributed by atoms with van der Waals surface area (Å²) >= 11 is 6.35. The molecule has 1 N–H and O–H groups in total. The highest BCUT2D eigenvalue weighted by atomic mass is 32.1. The van der Waals surface area contributed by atoms with E-state index in [1.807, 2.05) is 31.2 Å². The maximum Gasteiger partial charge on any atom is 0.287 e. The van der Waals surface area contributed by atoms with E-state index in [-0.39, 0.29) is 29.6 Å². The molecule has 0 atom stereocenters. The molecule has 2 aromatic heterocycles. The Hall–Kier alpha value is -3.90. The molecule has 0 saturated carbocycles. The molecule has 1 amide bonds. The van der Waals surface area contributed by atoms with Crippen LogP contribution in [0.5, 0.6) is 5.75 Å². The lowest BCUT2D eigenvalue weighted by atomic mass is 10.1. The minimum atomic E-state index is -0.435. The van der Waals surface area contributed by atoms with Gasteiger partial charge in [-0.1, -0.05) is 29.8 Å². The van der Waals surface area contributed by atoms with Crippen molar-refractivity contribution >= 4 is 40.3 Å². The zero-order valence-corrected chi connectivity index (χ0v) is 19.8. The molecule has 0 spiro atoms. The molecule has 0 bridgehead atoms. The Morgan fingerprint density at radius 3 is 2.76 bits per heavy atom. The van der Waals surface area contributed by atoms with Crippen LogP contribution in [0.25, 0.3) is 11.3 Å². The Morgan fingerprint density at radius 1 is 1.26 bits per heavy atom. The fourth-order valence-electron chi connectivity index (χ4n) is 3.01. The lowest BCUT2D eigenvalue weighted by Gasteiger charge is -2.03. The summed E-state index contributed by atoms with van der Waals surface area (Å²) < 4.78 is 12.3. The maximum absolute atomic E-state index is 12.5. The van der Waals surface area contributed by atoms with E-state index >= 15 is 0 Å². The van der Waals surface area contributed by atoms with Gasteiger partial charge in [0.1, 0.15) is 12.3 Å². The molecular weight excluding hydrogens is 478 g/mol. The third kappa shape index (κ3) is 5.53. The number of benzene rings is 2. The van der Waals surface area contributed by atoms with E-state index in [0.717, 1.165) is 5.56 Å². The molecule has 2 aromatic carbocycles. The predicted molar refractivity (Wildman–Crippen MR) is 128 cm³/mol. The lowest BCUT2D eigenvalue weighted by molar-refractivity contribution is -0.385. The normalized spacial score (nSPS) is 10.8. The van der Waals surface area contributed by atoms with Crippen molar-refractivity contribution in [3.63, 3.8) is 0 Å². The number of hydrogen-bond acceptors (Lipinski definition) is 9. The average Bonchev–Trinajstić information content (AvgIpc) is 3.40. The molecular formula is C22H19N5O5S2. The molecule has 0 radical (unpaired) electrons. The highest BCUT2D eigenvalue weighted by molar-refractivity contribution is 7.71. The van der Waals surface area contributed by atoms with Gasteiger partial charge in [0.2, 0.25) is 5.91 Å². The van der Waals surface area contributed by atoms with Crippen LogP contribution in [0.2, 0.25) is 0 Å². The molecule has 0 saturated heterocycles. The van der Waals surface area contributed by atoms with Gasteiger partial charge in [0.25, 0.3) is 16.4 Å². The highest BCUT2D eigenvalue weighted by Gasteiger charge is 2.15. The third-order valence-electron chi connectivity index (χ3n) is 4.78. The van der Waals surface area contributed by atoms with Crippen molar-refractivity contribution in [3.05, 3.63) is 79.8 Å². The summed E-state index contributed by atoms with van der Waals surface area (Å²) in [6.07, 6.45) is 0. The first-order chi connectivity index (χ1) is 16.3. The van der Waals surface area contributed by atoms with E-state index in [2.05, 4.69) is 15.4 Å². The maximum atomic E-state index is 12.5. The number of anilines is 1. The van der Waals surface area contributed by atoms with Gasteiger partial charge in [-0.3, -0.25) is 14.9 Å². The van der Waals surface area contributed by atoms with E-state index in [1.165, 1.54) is 22.1 Å². The highest BCUT2D eigenvalue weighted by Crippen LogP contribution is 2.29. The van der Waals surface area contributed by atoms with Gasteiger partial charge in [0.05, 0.1) is 10.6 Å². The smallest absolute Gasteiger partial charge is 0.287 e. The van der Waals surface area contributed by atoms with Gasteiger partial charge in [-0.25, -0.2) is 9.67 Å². The standard InChI is InChI=1S/C22H19N5O5S2/c1-13-3-7-16(8-4-13)31-11-20-25-26(22(33)32-20)10-19(28)24-21-23-17(12-34-21)15-6-5-14(2)18(9-15)27(29)30/h3-9,12H,10-11H2,1-2H3,(H,23,24,28). The molecule has 0 unspecified atom stereocenters. The van der Waals surface area contributed by atoms with E-state index < -0.39 is 10.8 Å². The number of ether oxygens (including phenoxy) is 1. The number of rotatable bonds is 8. The number of aryl methyl sites for hydroxylation is 2. The van der Waals surface area contributed by atoms with Crippen molar-refractivity contribution in [2.24, 2.45) is 0 Å². The Bertz CT molecular complexity index is 1410. The number of nitrogens with zero attached hydrogens (tertiary/aromatic N) is 4. The summed E-state index contributed by atoms with van der Waals surface area (Å²) in [5.41, 5.74) is 2.81. The van der Waals surface area contributed by atoms with Crippen LogP contribution in [0.4, 0.5) is 10.8 Å². The quantitative estimate of drug-likeness (QED) is 0.203. The zero-order chi connectivity index (χ0) is 24.2. The number of thiazole rings is 1. The summed E-state index contributed by atoms with van der Waals surface area (Å²) in [5.74, 6) is 0.513. The Balaban J connectivity index is 1.38. The van der Waals surface area contributed by atoms with E-state index in [4.69, 9.17) is 21.4 Å². The minimum absolute atomic E-state index is 0.0126. The molecule has 0 aliphatic rings. The molecule has 34 heavy (non-hydrogen) atoms. The van der Waals surface area contributed by atoms with Crippen molar-refractivity contribution in [1.82, 2.24) is 14.8 Å². The second-order valence-electron chi connectivity index (χ2n) is 7.37. The van der Waals surface area contributed by atoms with Crippen LogP contribution >= 0.6 is 23.6 Å². The van der Waals surface area contributed by atoms with Gasteiger partial charge in [0.15, 0.2) is 11.7 Å². The van der Waals surface area contributed by atoms with E-state index in [1.54, 1.807) is 24.4 Å². The topological polar surface area (TPSA) is 125 Å². The largest absolute Gasteiger partial charge is 0.484 e. The Morgan fingerprint density at radius 2 is 2.03 bits per heavy atom. The Labute approximate surface area is 203 Å². The van der Waals surface area contributed by atoms with Gasteiger partial charge in [-0.15, -0.1) is 16.4 Å². The van der Waals surface area contributed by atoms with Crippen LogP contribution in [0, 0.1) is 28.8 Å². The second kappa shape index (κ2) is 9.93. The molecule has 4 rings (SSSR count). The van der Waals surface area contributed by atoms with Crippen molar-refractivity contribution in [1.29, 1.82) is 0 Å². The molecule has 10 nitrogen and oxygen atoms in total. The van der Waals surface area contributed by atoms with Gasteiger partial charge in [-0.2, -0.15) is 0 Å². The molecule has 0 fully saturated rings. The molecule has 0 aliphatic heterocycles. The third-order valence-corrected chi connectivity index (χ3v) is 5.83. The van der Waals surface area contributed by atoms with E-state index in [0.29, 0.717) is 27.7 Å². The number of carbonyl (C=O) groups excluding carboxylic acids is 1. The predicted octanol–water partition coefficient (Wildman–Crippen LogP) is 5.07. The number of nitro benzene ring substituents is 1. The van der Waals surface area contributed by atoms with Gasteiger partial charge < -0.3 is 14.5 Å². The van der Waals surface area contributed by atoms with Crippen LogP contribution in [-0.2, 0) is 17.9 Å². The fourth-order valence-corrected chi connectivity index (χ4v) is 3.95. The number of carbonyl (C=O) groups is 1. The molecule has 2 heterocycles. The number of nitro groups is 1. The Kier molecular flexibility index (Phi) is 6.80. The summed E-state index contributed by atoms with van der Waals surface area (Å²) in [5, 5.41) is 20.1. The van der Waals surface area contributed by atoms with Gasteiger partial charge in [-0.05, 0) is 38.2 Å². The molecule has 4 aromatic rings. The number of aromatic nitrogens is 3. The first-order valence-corrected chi connectivity index (χ1v) is 11.3. The first kappa shape index (κ1) is 23.3. The van der Waals surface area contributed by atoms with Crippen LogP contribution < -0.4 is 10.1 Å². The monoisotopic (exact) mass is 497 g/mol. The van der Waals surface area contributed by atoms with Crippen LogP contribution in [-0.4, -0.2) is 25.6 Å². The van der Waals surface area contributed by atoms with Crippen molar-refractivity contribution in [2.75, 3.05) is 5.32 Å². The van der Waals surface area contributed by atoms with Crippen molar-refractivity contribution in [2.45, 2.75) is 27.0 Å². The number of hydrogen-bond donors (Lipinski definition) is 1. The van der Waals surface area contributed by atoms with Crippen molar-refractivity contribution in [3.8, 4) is 17.0 Å². The second-order valence-corrected chi connectivity index (χ2v) is 8.57. The first-order valence-electron chi connectivity index (χ1n) is 10.1. The minimum Gasteiger partial charge on any atom is -0.484 e. The number of nitrogens with one attached hydrogen (secondary N) is 1. The van der Waals surface area contributed by atoms with Crippen LogP contribution in [0.15, 0.2) is 52.3 Å². The zero-order valence-electron chi connectivity index (χ0n) is 18.2. The summed E-state index contributed by atoms with van der Waals surface area (Å²) in [7, 11) is 0. The lowest BCUT2D eigenvalue weighted by Crippen LogP contribution is -2.19. The summed E-state index contributed by atoms with van der Waals surface area (Å²) in [6.45, 7) is 3.55. The molecule has 0 aliphatic carbocycles. The van der Waals surface area contributed by atoms with Crippen LogP contribution in [0.1, 0.15) is 17.0 Å². The SMILES string of the molecule is Cc1ccc(OCc2nn(CC(=O)Nc3nc(-c4ccc(C)c([N+](=O)[O-])c4)cs3)c(=S)o2)cc1. The summed E-state index contributed by atoms with van der Waals surface area (Å²) in [6, 6.07) is 12.4. The van der Waals surface area contributed by atoms with Crippen molar-refractivity contribution < 1.29 is 18.9 Å². The molecule has 174 valence electrons. The van der Waals surface area contributed by atoms with E-state index in [9.17, 15) is 14.9 Å². The average molecular weight is 498 g/mol. The van der Waals surface area contributed by atoms with Gasteiger partial charge >= 0.3 is 0 Å². The fraction of sp³-hybridized carbons (Fsp3) is 0.182. The number of amides is 1.